The van der Waals surface area contributed by atoms with Gasteiger partial charge in [0.1, 0.15) is 0 Å². The third-order valence-electron chi connectivity index (χ3n) is 13.9. The lowest BCUT2D eigenvalue weighted by atomic mass is 9.35. The van der Waals surface area contributed by atoms with E-state index in [-0.39, 0.29) is 28.4 Å². The third-order valence-corrected chi connectivity index (χ3v) is 15.1. The normalized spacial score (nSPS) is 16.4. The van der Waals surface area contributed by atoms with Gasteiger partial charge in [-0.15, -0.1) is 11.3 Å². The maximum atomic E-state index is 2.67. The van der Waals surface area contributed by atoms with Crippen LogP contribution < -0.4 is 25.5 Å². The summed E-state index contributed by atoms with van der Waals surface area (Å²) in [6.07, 6.45) is 2.36. The van der Waals surface area contributed by atoms with E-state index in [0.717, 1.165) is 0 Å². The fourth-order valence-corrected chi connectivity index (χ4v) is 11.6. The molecular weight excluding hydrogens is 731 g/mol. The zero-order valence-corrected chi connectivity index (χ0v) is 37.7. The van der Waals surface area contributed by atoms with Gasteiger partial charge in [-0.25, -0.2) is 0 Å². The zero-order valence-electron chi connectivity index (χ0n) is 36.8. The first-order valence-electron chi connectivity index (χ1n) is 21.7. The van der Waals surface area contributed by atoms with Crippen LogP contribution in [-0.4, -0.2) is 6.71 Å². The highest BCUT2D eigenvalue weighted by Crippen LogP contribution is 2.53. The highest BCUT2D eigenvalue weighted by Gasteiger charge is 2.48. The minimum absolute atomic E-state index is 0.00472. The highest BCUT2D eigenvalue weighted by atomic mass is 32.1. The first-order chi connectivity index (χ1) is 27.9. The molecule has 3 heterocycles. The van der Waals surface area contributed by atoms with Crippen LogP contribution >= 0.6 is 11.3 Å². The average Bonchev–Trinajstić information content (AvgIpc) is 3.58. The number of rotatable bonds is 3. The van der Waals surface area contributed by atoms with Gasteiger partial charge >= 0.3 is 0 Å². The second-order valence-corrected chi connectivity index (χ2v) is 22.1. The molecule has 0 atom stereocenters. The monoisotopic (exact) mass is 788 g/mol. The number of anilines is 6. The molecule has 1 aliphatic carbocycles. The van der Waals surface area contributed by atoms with Crippen LogP contribution in [-0.2, 0) is 21.7 Å². The second kappa shape index (κ2) is 13.0. The van der Waals surface area contributed by atoms with Crippen molar-refractivity contribution in [1.82, 2.24) is 0 Å². The lowest BCUT2D eigenvalue weighted by Crippen LogP contribution is -2.61. The average molecular weight is 789 g/mol. The molecule has 0 saturated carbocycles. The molecule has 0 N–H and O–H groups in total. The highest BCUT2D eigenvalue weighted by molar-refractivity contribution is 7.33. The van der Waals surface area contributed by atoms with Gasteiger partial charge in [-0.05, 0) is 134 Å². The molecular formula is C55H57BN2S. The molecule has 59 heavy (non-hydrogen) atoms. The Labute approximate surface area is 357 Å². The van der Waals surface area contributed by atoms with Crippen molar-refractivity contribution in [2.24, 2.45) is 0 Å². The topological polar surface area (TPSA) is 6.48 Å². The molecule has 1 aromatic heterocycles. The number of hydrogen-bond acceptors (Lipinski definition) is 3. The molecule has 0 amide bonds. The summed E-state index contributed by atoms with van der Waals surface area (Å²) in [5.74, 6) is 0. The summed E-state index contributed by atoms with van der Waals surface area (Å²) in [4.78, 5) is 5.28. The van der Waals surface area contributed by atoms with Gasteiger partial charge in [0, 0.05) is 43.2 Å². The van der Waals surface area contributed by atoms with E-state index in [1.165, 1.54) is 112 Å². The van der Waals surface area contributed by atoms with Crippen LogP contribution in [0.3, 0.4) is 0 Å². The van der Waals surface area contributed by atoms with Gasteiger partial charge in [-0.3, -0.25) is 0 Å². The summed E-state index contributed by atoms with van der Waals surface area (Å²) in [5.41, 5.74) is 20.1. The number of benzene rings is 6. The summed E-state index contributed by atoms with van der Waals surface area (Å²) in [6, 6.07) is 47.1. The van der Waals surface area contributed by atoms with Crippen molar-refractivity contribution in [3.05, 3.63) is 149 Å². The van der Waals surface area contributed by atoms with E-state index in [2.05, 4.69) is 207 Å². The van der Waals surface area contributed by atoms with Crippen LogP contribution in [0.1, 0.15) is 110 Å². The fraction of sp³-hybridized carbons (Fsp3) is 0.309. The third kappa shape index (κ3) is 5.95. The number of fused-ring (bicyclic) bond motifs is 7. The molecule has 0 radical (unpaired) electrons. The Balaban J connectivity index is 1.34. The molecule has 0 fully saturated rings. The van der Waals surface area contributed by atoms with E-state index in [9.17, 15) is 0 Å². The lowest BCUT2D eigenvalue weighted by molar-refractivity contribution is 0.332. The van der Waals surface area contributed by atoms with E-state index in [1.54, 1.807) is 0 Å². The fourth-order valence-electron chi connectivity index (χ4n) is 10.3. The van der Waals surface area contributed by atoms with E-state index in [4.69, 9.17) is 0 Å². The van der Waals surface area contributed by atoms with Crippen LogP contribution in [0, 0.1) is 6.92 Å². The van der Waals surface area contributed by atoms with Crippen LogP contribution in [0.15, 0.2) is 121 Å². The van der Waals surface area contributed by atoms with Gasteiger partial charge in [0.05, 0.1) is 11.4 Å². The first kappa shape index (κ1) is 38.2. The Morgan fingerprint density at radius 3 is 1.83 bits per heavy atom. The van der Waals surface area contributed by atoms with Crippen LogP contribution in [0.25, 0.3) is 21.2 Å². The zero-order chi connectivity index (χ0) is 41.4. The molecule has 0 saturated heterocycles. The molecule has 2 nitrogen and oxygen atoms in total. The number of aryl methyl sites for hydroxylation is 1. The van der Waals surface area contributed by atoms with Crippen LogP contribution in [0.2, 0.25) is 0 Å². The van der Waals surface area contributed by atoms with Crippen molar-refractivity contribution >= 4 is 78.0 Å². The minimum atomic E-state index is 0.00472. The van der Waals surface area contributed by atoms with Gasteiger partial charge < -0.3 is 9.80 Å². The standard InChI is InChI=1S/C55H57BN2S/c1-34-29-46-49-47(30-34)58(44-26-23-37(53(5,6)7)31-40(44)35-17-13-12-14-18-35)45-33-42-41(54(8,9)27-28-55(42,10)11)32-43(45)56(49)51-50(39-19-15-16-20-48(39)59-51)57(46)38-24-21-36(22-25-38)52(2,3)4/h12-26,29-33H,27-28H2,1-11H3. The molecule has 10 rings (SSSR count). The smallest absolute Gasteiger partial charge is 0.264 e. The summed E-state index contributed by atoms with van der Waals surface area (Å²) < 4.78 is 2.77. The predicted octanol–water partition coefficient (Wildman–Crippen LogP) is 13.9. The van der Waals surface area contributed by atoms with Gasteiger partial charge in [0.2, 0.25) is 0 Å². The van der Waals surface area contributed by atoms with Gasteiger partial charge in [0.25, 0.3) is 6.71 Å². The Kier molecular flexibility index (Phi) is 8.39. The maximum Gasteiger partial charge on any atom is 0.264 e. The second-order valence-electron chi connectivity index (χ2n) is 21.0. The Morgan fingerprint density at radius 2 is 1.17 bits per heavy atom. The van der Waals surface area contributed by atoms with Crippen molar-refractivity contribution < 1.29 is 0 Å². The van der Waals surface area contributed by atoms with Crippen LogP contribution in [0.4, 0.5) is 34.1 Å². The van der Waals surface area contributed by atoms with Gasteiger partial charge in [0.15, 0.2) is 0 Å². The SMILES string of the molecule is Cc1cc2c3c(c1)N(c1ccc(C(C)(C)C)cc1)c1c(sc4ccccc14)B3c1cc3c(cc1N2c1ccc(C(C)(C)C)cc1-c1ccccc1)C(C)(C)CCC3(C)C. The molecule has 0 spiro atoms. The van der Waals surface area contributed by atoms with E-state index >= 15 is 0 Å². The molecule has 3 aliphatic rings. The van der Waals surface area contributed by atoms with Crippen molar-refractivity contribution in [1.29, 1.82) is 0 Å². The van der Waals surface area contributed by atoms with Crippen molar-refractivity contribution in [3.8, 4) is 11.1 Å². The Morgan fingerprint density at radius 1 is 0.576 bits per heavy atom. The summed E-state index contributed by atoms with van der Waals surface area (Å²) in [5, 5.41) is 1.33. The van der Waals surface area contributed by atoms with Crippen molar-refractivity contribution in [3.63, 3.8) is 0 Å². The number of thiophene rings is 1. The Bertz CT molecular complexity index is 2810. The van der Waals surface area contributed by atoms with Crippen LogP contribution in [0.5, 0.6) is 0 Å². The van der Waals surface area contributed by atoms with Gasteiger partial charge in [-0.1, -0.05) is 142 Å². The number of nitrogens with zero attached hydrogens (tertiary/aromatic N) is 2. The first-order valence-corrected chi connectivity index (χ1v) is 22.5. The van der Waals surface area contributed by atoms with Crippen molar-refractivity contribution in [2.75, 3.05) is 9.80 Å². The number of hydrogen-bond donors (Lipinski definition) is 0. The minimum Gasteiger partial charge on any atom is -0.311 e. The van der Waals surface area contributed by atoms with E-state index in [0.29, 0.717) is 0 Å². The molecule has 0 bridgehead atoms. The predicted molar refractivity (Wildman–Crippen MR) is 259 cm³/mol. The maximum absolute atomic E-state index is 2.67. The quantitative estimate of drug-likeness (QED) is 0.165. The molecule has 7 aromatic rings. The molecule has 4 heteroatoms. The lowest BCUT2D eigenvalue weighted by Gasteiger charge is -2.47. The van der Waals surface area contributed by atoms with Crippen molar-refractivity contribution in [2.45, 2.75) is 111 Å². The largest absolute Gasteiger partial charge is 0.311 e. The van der Waals surface area contributed by atoms with Gasteiger partial charge in [-0.2, -0.15) is 0 Å². The summed E-state index contributed by atoms with van der Waals surface area (Å²) in [6.45, 7) is 26.2. The molecule has 0 unspecified atom stereocenters. The molecule has 296 valence electrons. The van der Waals surface area contributed by atoms with E-state index in [1.807, 2.05) is 11.3 Å². The summed E-state index contributed by atoms with van der Waals surface area (Å²) in [7, 11) is 0. The summed E-state index contributed by atoms with van der Waals surface area (Å²) >= 11 is 1.99. The van der Waals surface area contributed by atoms with E-state index < -0.39 is 0 Å². The molecule has 2 aliphatic heterocycles. The molecule has 6 aromatic carbocycles. The Hall–Kier alpha value is -5.06.